The summed E-state index contributed by atoms with van der Waals surface area (Å²) in [5.74, 6) is 1.38. The molecule has 2 heterocycles. The van der Waals surface area contributed by atoms with E-state index in [4.69, 9.17) is 4.42 Å². The van der Waals surface area contributed by atoms with E-state index >= 15 is 0 Å². The van der Waals surface area contributed by atoms with Crippen molar-refractivity contribution >= 4 is 26.7 Å². The third kappa shape index (κ3) is 3.14. The Balaban J connectivity index is 1.97. The van der Waals surface area contributed by atoms with E-state index < -0.39 is 10.0 Å². The van der Waals surface area contributed by atoms with Crippen LogP contribution < -0.4 is 10.3 Å². The Bertz CT molecular complexity index is 1160. The zero-order chi connectivity index (χ0) is 18.6. The number of benzene rings is 1. The van der Waals surface area contributed by atoms with Crippen molar-refractivity contribution in [1.29, 1.82) is 0 Å². The molecule has 1 aliphatic carbocycles. The van der Waals surface area contributed by atoms with E-state index in [-0.39, 0.29) is 5.56 Å². The highest BCUT2D eigenvalue weighted by Crippen LogP contribution is 2.44. The van der Waals surface area contributed by atoms with Gasteiger partial charge in [-0.1, -0.05) is 0 Å². The monoisotopic (exact) mass is 372 g/mol. The lowest BCUT2D eigenvalue weighted by Gasteiger charge is -2.10. The van der Waals surface area contributed by atoms with Gasteiger partial charge in [0.15, 0.2) is 0 Å². The highest BCUT2D eigenvalue weighted by molar-refractivity contribution is 7.92. The molecule has 1 aliphatic rings. The quantitative estimate of drug-likeness (QED) is 0.761. The van der Waals surface area contributed by atoms with Gasteiger partial charge in [-0.3, -0.25) is 9.52 Å². The SMILES string of the molecule is Cc1cc(-c2cc(NS(C)(=O)=O)cc3cc(C4CC4)oc23)cn(C)c1=O. The van der Waals surface area contributed by atoms with Gasteiger partial charge in [-0.15, -0.1) is 0 Å². The normalized spacial score (nSPS) is 14.7. The fraction of sp³-hybridized carbons (Fsp3) is 0.316. The number of hydrogen-bond donors (Lipinski definition) is 1. The molecule has 0 radical (unpaired) electrons. The Morgan fingerprint density at radius 3 is 2.54 bits per heavy atom. The van der Waals surface area contributed by atoms with Crippen molar-refractivity contribution in [1.82, 2.24) is 4.57 Å². The third-order valence-electron chi connectivity index (χ3n) is 4.59. The number of nitrogens with one attached hydrogen (secondary N) is 1. The van der Waals surface area contributed by atoms with E-state index in [0.717, 1.165) is 41.4 Å². The van der Waals surface area contributed by atoms with Crippen molar-refractivity contribution in [3.63, 3.8) is 0 Å². The predicted octanol–water partition coefficient (Wildman–Crippen LogP) is 3.36. The van der Waals surface area contributed by atoms with Crippen LogP contribution in [0, 0.1) is 6.92 Å². The van der Waals surface area contributed by atoms with Gasteiger partial charge in [-0.05, 0) is 44.0 Å². The van der Waals surface area contributed by atoms with Crippen molar-refractivity contribution in [2.45, 2.75) is 25.7 Å². The van der Waals surface area contributed by atoms with Gasteiger partial charge in [0.2, 0.25) is 10.0 Å². The Morgan fingerprint density at radius 2 is 1.92 bits per heavy atom. The lowest BCUT2D eigenvalue weighted by molar-refractivity contribution is 0.553. The molecule has 1 saturated carbocycles. The molecular formula is C19H20N2O4S. The largest absolute Gasteiger partial charge is 0.460 e. The molecule has 4 rings (SSSR count). The maximum absolute atomic E-state index is 12.0. The van der Waals surface area contributed by atoms with Crippen molar-refractivity contribution in [2.24, 2.45) is 7.05 Å². The Hall–Kier alpha value is -2.54. The molecule has 0 bridgehead atoms. The number of pyridine rings is 1. The van der Waals surface area contributed by atoms with E-state index in [1.165, 1.54) is 4.57 Å². The van der Waals surface area contributed by atoms with Crippen LogP contribution in [0.3, 0.4) is 0 Å². The molecule has 6 nitrogen and oxygen atoms in total. The van der Waals surface area contributed by atoms with Crippen LogP contribution in [0.1, 0.15) is 30.1 Å². The van der Waals surface area contributed by atoms with Crippen LogP contribution in [-0.4, -0.2) is 19.2 Å². The molecule has 0 spiro atoms. The molecule has 0 atom stereocenters. The highest BCUT2D eigenvalue weighted by Gasteiger charge is 2.28. The molecule has 1 fully saturated rings. The number of hydrogen-bond acceptors (Lipinski definition) is 4. The molecule has 3 aromatic rings. The van der Waals surface area contributed by atoms with Crippen molar-refractivity contribution in [3.05, 3.63) is 52.1 Å². The summed E-state index contributed by atoms with van der Waals surface area (Å²) in [6, 6.07) is 7.33. The van der Waals surface area contributed by atoms with E-state index in [2.05, 4.69) is 4.72 Å². The van der Waals surface area contributed by atoms with Gasteiger partial charge < -0.3 is 8.98 Å². The average molecular weight is 372 g/mol. The second-order valence-electron chi connectivity index (χ2n) is 7.07. The van der Waals surface area contributed by atoms with Gasteiger partial charge in [0.1, 0.15) is 11.3 Å². The summed E-state index contributed by atoms with van der Waals surface area (Å²) in [4.78, 5) is 12.0. The molecule has 136 valence electrons. The van der Waals surface area contributed by atoms with Crippen LogP contribution in [0.2, 0.25) is 0 Å². The number of nitrogens with zero attached hydrogens (tertiary/aromatic N) is 1. The first-order valence-electron chi connectivity index (χ1n) is 8.44. The van der Waals surface area contributed by atoms with Gasteiger partial charge in [0, 0.05) is 46.9 Å². The highest BCUT2D eigenvalue weighted by atomic mass is 32.2. The molecule has 0 aliphatic heterocycles. The number of rotatable bonds is 4. The smallest absolute Gasteiger partial charge is 0.253 e. The number of aromatic nitrogens is 1. The third-order valence-corrected chi connectivity index (χ3v) is 5.20. The van der Waals surface area contributed by atoms with E-state index in [0.29, 0.717) is 22.8 Å². The first kappa shape index (κ1) is 16.9. The van der Waals surface area contributed by atoms with Crippen LogP contribution in [0.5, 0.6) is 0 Å². The van der Waals surface area contributed by atoms with Crippen molar-refractivity contribution < 1.29 is 12.8 Å². The minimum Gasteiger partial charge on any atom is -0.460 e. The molecule has 1 aromatic carbocycles. The van der Waals surface area contributed by atoms with Gasteiger partial charge in [-0.2, -0.15) is 0 Å². The van der Waals surface area contributed by atoms with Gasteiger partial charge in [-0.25, -0.2) is 8.42 Å². The number of anilines is 1. The molecular weight excluding hydrogens is 352 g/mol. The summed E-state index contributed by atoms with van der Waals surface area (Å²) in [6.45, 7) is 1.76. The topological polar surface area (TPSA) is 81.3 Å². The summed E-state index contributed by atoms with van der Waals surface area (Å²) in [5.41, 5.74) is 3.32. The van der Waals surface area contributed by atoms with Gasteiger partial charge in [0.05, 0.1) is 6.26 Å². The lowest BCUT2D eigenvalue weighted by Crippen LogP contribution is -2.18. The van der Waals surface area contributed by atoms with Crippen LogP contribution >= 0.6 is 0 Å². The standard InChI is InChI=1S/C19H20N2O4S/c1-11-6-14(10-21(2)19(11)22)16-9-15(20-26(3,23)24)7-13-8-17(12-4-5-12)25-18(13)16/h6-10,12,20H,4-5H2,1-3H3. The molecule has 0 amide bonds. The van der Waals surface area contributed by atoms with E-state index in [1.54, 1.807) is 38.4 Å². The number of fused-ring (bicyclic) bond motifs is 1. The van der Waals surface area contributed by atoms with Crippen molar-refractivity contribution in [2.75, 3.05) is 11.0 Å². The van der Waals surface area contributed by atoms with E-state index in [9.17, 15) is 13.2 Å². The predicted molar refractivity (Wildman–Crippen MR) is 102 cm³/mol. The summed E-state index contributed by atoms with van der Waals surface area (Å²) in [6.07, 6.45) is 5.09. The zero-order valence-electron chi connectivity index (χ0n) is 14.9. The van der Waals surface area contributed by atoms with Crippen molar-refractivity contribution in [3.8, 4) is 11.1 Å². The minimum atomic E-state index is -3.40. The van der Waals surface area contributed by atoms with Crippen LogP contribution in [0.4, 0.5) is 5.69 Å². The van der Waals surface area contributed by atoms with E-state index in [1.807, 2.05) is 6.07 Å². The fourth-order valence-corrected chi connectivity index (χ4v) is 3.80. The molecule has 0 unspecified atom stereocenters. The number of furan rings is 1. The summed E-state index contributed by atoms with van der Waals surface area (Å²) < 4.78 is 33.5. The molecule has 2 aromatic heterocycles. The fourth-order valence-electron chi connectivity index (χ4n) is 3.25. The first-order valence-corrected chi connectivity index (χ1v) is 10.3. The molecule has 7 heteroatoms. The van der Waals surface area contributed by atoms with Gasteiger partial charge in [0.25, 0.3) is 5.56 Å². The van der Waals surface area contributed by atoms with Crippen LogP contribution in [-0.2, 0) is 17.1 Å². The van der Waals surface area contributed by atoms with Gasteiger partial charge >= 0.3 is 0 Å². The maximum Gasteiger partial charge on any atom is 0.253 e. The van der Waals surface area contributed by atoms with Crippen LogP contribution in [0.15, 0.2) is 39.7 Å². The summed E-state index contributed by atoms with van der Waals surface area (Å²) in [5, 5.41) is 0.849. The second kappa shape index (κ2) is 5.74. The minimum absolute atomic E-state index is 0.0616. The van der Waals surface area contributed by atoms with Crippen LogP contribution in [0.25, 0.3) is 22.1 Å². The lowest BCUT2D eigenvalue weighted by atomic mass is 10.0. The molecule has 1 N–H and O–H groups in total. The average Bonchev–Trinajstić information content (AvgIpc) is 3.29. The zero-order valence-corrected chi connectivity index (χ0v) is 15.7. The second-order valence-corrected chi connectivity index (χ2v) is 8.82. The summed E-state index contributed by atoms with van der Waals surface area (Å²) in [7, 11) is -1.70. The Morgan fingerprint density at radius 1 is 1.19 bits per heavy atom. The Kier molecular flexibility index (Phi) is 3.73. The maximum atomic E-state index is 12.0. The number of aryl methyl sites for hydroxylation is 2. The Labute approximate surface area is 151 Å². The number of sulfonamides is 1. The summed E-state index contributed by atoms with van der Waals surface area (Å²) >= 11 is 0. The first-order chi connectivity index (χ1) is 12.2. The molecule has 0 saturated heterocycles. The molecule has 26 heavy (non-hydrogen) atoms.